The minimum absolute atomic E-state index is 0. The second-order valence-electron chi connectivity index (χ2n) is 5.97. The highest BCUT2D eigenvalue weighted by molar-refractivity contribution is 5.85. The molecule has 1 saturated heterocycles. The number of hydrogen-bond donors (Lipinski definition) is 1. The van der Waals surface area contributed by atoms with Gasteiger partial charge in [0.25, 0.3) is 6.43 Å². The van der Waals surface area contributed by atoms with Gasteiger partial charge >= 0.3 is 0 Å². The van der Waals surface area contributed by atoms with Crippen LogP contribution in [-0.2, 0) is 6.54 Å². The third kappa shape index (κ3) is 4.69. The molecule has 0 saturated carbocycles. The van der Waals surface area contributed by atoms with Crippen molar-refractivity contribution in [1.82, 2.24) is 10.2 Å². The maximum absolute atomic E-state index is 12.7. The minimum atomic E-state index is -2.42. The third-order valence-corrected chi connectivity index (χ3v) is 4.47. The van der Waals surface area contributed by atoms with E-state index in [1.165, 1.54) is 12.1 Å². The van der Waals surface area contributed by atoms with Crippen molar-refractivity contribution in [3.8, 4) is 5.75 Å². The summed E-state index contributed by atoms with van der Waals surface area (Å²) in [5, 5.41) is 3.43. The molecular weight excluding hydrogens is 346 g/mol. The molecule has 0 spiro atoms. The second kappa shape index (κ2) is 9.13. The number of rotatable bonds is 5. The number of ether oxygens (including phenoxy) is 1. The number of benzene rings is 2. The molecule has 0 radical (unpaired) electrons. The van der Waals surface area contributed by atoms with E-state index < -0.39 is 6.43 Å². The Labute approximate surface area is 153 Å². The van der Waals surface area contributed by atoms with Crippen LogP contribution in [0.2, 0.25) is 0 Å². The number of nitrogens with one attached hydrogen (secondary N) is 1. The molecule has 1 aliphatic rings. The summed E-state index contributed by atoms with van der Waals surface area (Å²) < 4.78 is 30.9. The van der Waals surface area contributed by atoms with Gasteiger partial charge in [0, 0.05) is 37.3 Å². The van der Waals surface area contributed by atoms with E-state index in [4.69, 9.17) is 4.74 Å². The largest absolute Gasteiger partial charge is 0.496 e. The first-order valence-corrected chi connectivity index (χ1v) is 8.13. The van der Waals surface area contributed by atoms with Crippen LogP contribution in [-0.4, -0.2) is 31.6 Å². The summed E-state index contributed by atoms with van der Waals surface area (Å²) in [6.45, 7) is 3.39. The highest BCUT2D eigenvalue weighted by Crippen LogP contribution is 2.31. The molecule has 2 aromatic rings. The zero-order chi connectivity index (χ0) is 16.9. The van der Waals surface area contributed by atoms with E-state index in [-0.39, 0.29) is 24.0 Å². The fraction of sp³-hybridized carbons (Fsp3) is 0.368. The molecule has 1 unspecified atom stereocenters. The van der Waals surface area contributed by atoms with Crippen LogP contribution in [0.15, 0.2) is 48.5 Å². The summed E-state index contributed by atoms with van der Waals surface area (Å²) in [5.74, 6) is 0.879. The zero-order valence-corrected chi connectivity index (χ0v) is 14.9. The summed E-state index contributed by atoms with van der Waals surface area (Å²) >= 11 is 0. The van der Waals surface area contributed by atoms with Gasteiger partial charge in [-0.3, -0.25) is 4.90 Å². The van der Waals surface area contributed by atoms with Gasteiger partial charge in [-0.25, -0.2) is 8.78 Å². The predicted octanol–water partition coefficient (Wildman–Crippen LogP) is 4.20. The van der Waals surface area contributed by atoms with Crippen molar-refractivity contribution in [2.24, 2.45) is 0 Å². The quantitative estimate of drug-likeness (QED) is 0.856. The van der Waals surface area contributed by atoms with Crippen molar-refractivity contribution < 1.29 is 13.5 Å². The Balaban J connectivity index is 0.00000225. The van der Waals surface area contributed by atoms with E-state index >= 15 is 0 Å². The SMILES string of the molecule is COc1ccccc1C1CNCCN1Cc1ccc(C(F)F)cc1.Cl. The van der Waals surface area contributed by atoms with Crippen LogP contribution >= 0.6 is 12.4 Å². The van der Waals surface area contributed by atoms with Crippen molar-refractivity contribution in [1.29, 1.82) is 0 Å². The fourth-order valence-corrected chi connectivity index (χ4v) is 3.19. The van der Waals surface area contributed by atoms with Crippen LogP contribution < -0.4 is 10.1 Å². The summed E-state index contributed by atoms with van der Waals surface area (Å²) in [4.78, 5) is 2.37. The molecule has 0 amide bonds. The monoisotopic (exact) mass is 368 g/mol. The van der Waals surface area contributed by atoms with E-state index in [1.54, 1.807) is 19.2 Å². The lowest BCUT2D eigenvalue weighted by Crippen LogP contribution is -2.45. The molecule has 3 rings (SSSR count). The number of hydrogen-bond acceptors (Lipinski definition) is 3. The van der Waals surface area contributed by atoms with Gasteiger partial charge in [-0.2, -0.15) is 0 Å². The Morgan fingerprint density at radius 3 is 2.56 bits per heavy atom. The summed E-state index contributed by atoms with van der Waals surface area (Å²) in [6, 6.07) is 14.9. The van der Waals surface area contributed by atoms with Crippen LogP contribution in [0.4, 0.5) is 8.78 Å². The molecule has 6 heteroatoms. The van der Waals surface area contributed by atoms with Gasteiger partial charge in [-0.15, -0.1) is 12.4 Å². The zero-order valence-electron chi connectivity index (χ0n) is 14.1. The first-order chi connectivity index (χ1) is 11.7. The molecule has 1 fully saturated rings. The Morgan fingerprint density at radius 2 is 1.88 bits per heavy atom. The molecule has 3 nitrogen and oxygen atoms in total. The average Bonchev–Trinajstić information content (AvgIpc) is 2.62. The standard InChI is InChI=1S/C19H22F2N2O.ClH/c1-24-18-5-3-2-4-16(18)17-12-22-10-11-23(17)13-14-6-8-15(9-7-14)19(20)21;/h2-9,17,19,22H,10-13H2,1H3;1H. The smallest absolute Gasteiger partial charge is 0.263 e. The maximum atomic E-state index is 12.7. The van der Waals surface area contributed by atoms with Crippen molar-refractivity contribution in [3.05, 3.63) is 65.2 Å². The number of piperazine rings is 1. The number of methoxy groups -OCH3 is 1. The van der Waals surface area contributed by atoms with Gasteiger partial charge < -0.3 is 10.1 Å². The first kappa shape index (κ1) is 19.6. The molecular formula is C19H23ClF2N2O. The summed E-state index contributed by atoms with van der Waals surface area (Å²) in [7, 11) is 1.68. The van der Waals surface area contributed by atoms with E-state index in [9.17, 15) is 8.78 Å². The van der Waals surface area contributed by atoms with Gasteiger partial charge in [0.2, 0.25) is 0 Å². The van der Waals surface area contributed by atoms with Gasteiger partial charge in [0.1, 0.15) is 5.75 Å². The highest BCUT2D eigenvalue weighted by Gasteiger charge is 2.26. The van der Waals surface area contributed by atoms with Gasteiger partial charge in [0.05, 0.1) is 13.2 Å². The van der Waals surface area contributed by atoms with Crippen molar-refractivity contribution in [2.45, 2.75) is 19.0 Å². The van der Waals surface area contributed by atoms with Crippen LogP contribution in [0, 0.1) is 0 Å². The molecule has 0 aromatic heterocycles. The lowest BCUT2D eigenvalue weighted by Gasteiger charge is -2.37. The second-order valence-corrected chi connectivity index (χ2v) is 5.97. The molecule has 0 aliphatic carbocycles. The van der Waals surface area contributed by atoms with E-state index in [0.717, 1.165) is 43.1 Å². The molecule has 25 heavy (non-hydrogen) atoms. The Hall–Kier alpha value is -1.69. The average molecular weight is 369 g/mol. The summed E-state index contributed by atoms with van der Waals surface area (Å²) in [5.41, 5.74) is 2.26. The predicted molar refractivity (Wildman–Crippen MR) is 97.7 cm³/mol. The molecule has 1 N–H and O–H groups in total. The van der Waals surface area contributed by atoms with Gasteiger partial charge in [0.15, 0.2) is 0 Å². The third-order valence-electron chi connectivity index (χ3n) is 4.47. The molecule has 0 bridgehead atoms. The number of alkyl halides is 2. The van der Waals surface area contributed by atoms with Crippen LogP contribution in [0.1, 0.15) is 29.2 Å². The fourth-order valence-electron chi connectivity index (χ4n) is 3.19. The first-order valence-electron chi connectivity index (χ1n) is 8.13. The maximum Gasteiger partial charge on any atom is 0.263 e. The Kier molecular flexibility index (Phi) is 7.17. The molecule has 2 aromatic carbocycles. The highest BCUT2D eigenvalue weighted by atomic mass is 35.5. The van der Waals surface area contributed by atoms with Crippen LogP contribution in [0.25, 0.3) is 0 Å². The number of nitrogens with zero attached hydrogens (tertiary/aromatic N) is 1. The summed E-state index contributed by atoms with van der Waals surface area (Å²) in [6.07, 6.45) is -2.42. The van der Waals surface area contributed by atoms with Crippen LogP contribution in [0.5, 0.6) is 5.75 Å². The Bertz CT molecular complexity index is 667. The normalized spacial score (nSPS) is 18.0. The van der Waals surface area contributed by atoms with Crippen molar-refractivity contribution >= 4 is 12.4 Å². The van der Waals surface area contributed by atoms with E-state index in [0.29, 0.717) is 0 Å². The minimum Gasteiger partial charge on any atom is -0.496 e. The van der Waals surface area contributed by atoms with Gasteiger partial charge in [-0.05, 0) is 11.6 Å². The van der Waals surface area contributed by atoms with Crippen molar-refractivity contribution in [2.75, 3.05) is 26.7 Å². The van der Waals surface area contributed by atoms with Crippen molar-refractivity contribution in [3.63, 3.8) is 0 Å². The number of para-hydroxylation sites is 1. The van der Waals surface area contributed by atoms with E-state index in [2.05, 4.69) is 16.3 Å². The van der Waals surface area contributed by atoms with E-state index in [1.807, 2.05) is 18.2 Å². The molecule has 1 aliphatic heterocycles. The molecule has 1 atom stereocenters. The lowest BCUT2D eigenvalue weighted by atomic mass is 10.0. The van der Waals surface area contributed by atoms with Crippen LogP contribution in [0.3, 0.4) is 0 Å². The molecule has 136 valence electrons. The Morgan fingerprint density at radius 1 is 1.16 bits per heavy atom. The topological polar surface area (TPSA) is 24.5 Å². The lowest BCUT2D eigenvalue weighted by molar-refractivity contribution is 0.149. The number of halogens is 3. The van der Waals surface area contributed by atoms with Gasteiger partial charge in [-0.1, -0.05) is 42.5 Å². The molecule has 1 heterocycles.